The van der Waals surface area contributed by atoms with Gasteiger partial charge in [0.05, 0.1) is 12.2 Å². The molecule has 1 aromatic carbocycles. The van der Waals surface area contributed by atoms with Gasteiger partial charge in [0.25, 0.3) is 5.91 Å². The van der Waals surface area contributed by atoms with E-state index in [2.05, 4.69) is 15.6 Å². The molecular weight excluding hydrogens is 388 g/mol. The summed E-state index contributed by atoms with van der Waals surface area (Å²) in [5, 5.41) is 16.7. The number of aliphatic carboxylic acids is 2. The van der Waals surface area contributed by atoms with Gasteiger partial charge in [-0.05, 0) is 13.0 Å². The van der Waals surface area contributed by atoms with Crippen LogP contribution in [0.2, 0.25) is 0 Å². The molecule has 0 atom stereocenters. The molecule has 3 aromatic rings. The fourth-order valence-corrected chi connectivity index (χ4v) is 3.49. The van der Waals surface area contributed by atoms with Crippen molar-refractivity contribution in [3.8, 4) is 0 Å². The van der Waals surface area contributed by atoms with Gasteiger partial charge in [0.1, 0.15) is 5.82 Å². The second-order valence-corrected chi connectivity index (χ2v) is 6.81. The minimum atomic E-state index is -1.26. The maximum Gasteiger partial charge on any atom is 0.328 e. The number of aryl methyl sites for hydroxylation is 2. The summed E-state index contributed by atoms with van der Waals surface area (Å²) in [6, 6.07) is 8.13. The number of carboxylic acid groups (broad SMARTS) is 2. The van der Waals surface area contributed by atoms with Gasteiger partial charge in [0.15, 0.2) is 0 Å². The van der Waals surface area contributed by atoms with E-state index in [0.717, 1.165) is 41.0 Å². The Labute approximate surface area is 172 Å². The van der Waals surface area contributed by atoms with Crippen molar-refractivity contribution in [2.75, 3.05) is 6.54 Å². The van der Waals surface area contributed by atoms with Crippen LogP contribution in [0, 0.1) is 6.92 Å². The van der Waals surface area contributed by atoms with Gasteiger partial charge in [0, 0.05) is 61.2 Å². The summed E-state index contributed by atoms with van der Waals surface area (Å²) < 4.78 is 4.16. The summed E-state index contributed by atoms with van der Waals surface area (Å²) in [6.45, 7) is 3.26. The van der Waals surface area contributed by atoms with E-state index in [1.807, 2.05) is 47.8 Å². The zero-order valence-electron chi connectivity index (χ0n) is 16.6. The Morgan fingerprint density at radius 3 is 2.43 bits per heavy atom. The molecule has 1 aliphatic heterocycles. The lowest BCUT2D eigenvalue weighted by Gasteiger charge is -2.28. The topological polar surface area (TPSA) is 118 Å². The number of rotatable bonds is 4. The summed E-state index contributed by atoms with van der Waals surface area (Å²) in [7, 11) is 2.05. The Kier molecular flexibility index (Phi) is 6.01. The first kappa shape index (κ1) is 20.8. The average molecular weight is 410 g/mol. The van der Waals surface area contributed by atoms with Crippen LogP contribution in [0.3, 0.4) is 0 Å². The first-order chi connectivity index (χ1) is 14.3. The summed E-state index contributed by atoms with van der Waals surface area (Å²) >= 11 is 0. The first-order valence-electron chi connectivity index (χ1n) is 9.26. The Balaban J connectivity index is 0.000000275. The molecule has 2 aromatic heterocycles. The van der Waals surface area contributed by atoms with E-state index in [-0.39, 0.29) is 5.91 Å². The molecule has 0 saturated carbocycles. The minimum Gasteiger partial charge on any atom is -0.478 e. The summed E-state index contributed by atoms with van der Waals surface area (Å²) in [4.78, 5) is 38.2. The highest BCUT2D eigenvalue weighted by Crippen LogP contribution is 2.30. The fraction of sp³-hybridized carbons (Fsp3) is 0.238. The number of carbonyl (C=O) groups excluding carboxylic acids is 1. The average Bonchev–Trinajstić information content (AvgIpc) is 3.24. The highest BCUT2D eigenvalue weighted by Gasteiger charge is 2.29. The van der Waals surface area contributed by atoms with E-state index in [1.165, 1.54) is 0 Å². The van der Waals surface area contributed by atoms with E-state index in [9.17, 15) is 14.4 Å². The highest BCUT2D eigenvalue weighted by atomic mass is 16.4. The van der Waals surface area contributed by atoms with Crippen LogP contribution < -0.4 is 0 Å². The molecular formula is C21H22N4O5. The largest absolute Gasteiger partial charge is 0.478 e. The van der Waals surface area contributed by atoms with Crippen molar-refractivity contribution >= 4 is 28.7 Å². The van der Waals surface area contributed by atoms with Crippen molar-refractivity contribution < 1.29 is 24.6 Å². The number of aromatic nitrogens is 3. The van der Waals surface area contributed by atoms with Crippen molar-refractivity contribution in [1.82, 2.24) is 19.0 Å². The SMILES string of the molecule is Cc1nccn1CN1CCc2c(c3ccccc3n2C)C1=O.O=C(O)C=CC(=O)O. The van der Waals surface area contributed by atoms with Crippen LogP contribution in [0.5, 0.6) is 0 Å². The molecule has 0 spiro atoms. The van der Waals surface area contributed by atoms with Gasteiger partial charge in [-0.3, -0.25) is 4.79 Å². The third-order valence-electron chi connectivity index (χ3n) is 4.96. The fourth-order valence-electron chi connectivity index (χ4n) is 3.49. The number of carbonyl (C=O) groups is 3. The Morgan fingerprint density at radius 2 is 1.83 bits per heavy atom. The van der Waals surface area contributed by atoms with Crippen molar-refractivity contribution in [1.29, 1.82) is 0 Å². The van der Waals surface area contributed by atoms with Crippen LogP contribution in [-0.4, -0.2) is 53.6 Å². The van der Waals surface area contributed by atoms with Crippen molar-refractivity contribution in [3.05, 3.63) is 65.9 Å². The standard InChI is InChI=1S/C17H18N4O.C4H4O4/c1-12-18-8-10-20(12)11-21-9-7-15-16(17(21)22)13-5-3-4-6-14(13)19(15)2;5-3(6)1-2-4(7)8/h3-6,8,10H,7,9,11H2,1-2H3;1-2H,(H,5,6)(H,7,8). The summed E-state index contributed by atoms with van der Waals surface area (Å²) in [5.41, 5.74) is 3.13. The van der Waals surface area contributed by atoms with Gasteiger partial charge in [-0.2, -0.15) is 0 Å². The molecule has 0 unspecified atom stereocenters. The lowest BCUT2D eigenvalue weighted by atomic mass is 10.0. The third-order valence-corrected chi connectivity index (χ3v) is 4.96. The van der Waals surface area contributed by atoms with E-state index >= 15 is 0 Å². The Hall–Kier alpha value is -3.88. The molecule has 2 N–H and O–H groups in total. The van der Waals surface area contributed by atoms with Gasteiger partial charge >= 0.3 is 11.9 Å². The van der Waals surface area contributed by atoms with E-state index < -0.39 is 11.9 Å². The van der Waals surface area contributed by atoms with E-state index in [4.69, 9.17) is 10.2 Å². The van der Waals surface area contributed by atoms with E-state index in [0.29, 0.717) is 18.8 Å². The lowest BCUT2D eigenvalue weighted by Crippen LogP contribution is -2.39. The highest BCUT2D eigenvalue weighted by molar-refractivity contribution is 6.09. The number of amides is 1. The molecule has 4 rings (SSSR count). The monoisotopic (exact) mass is 410 g/mol. The van der Waals surface area contributed by atoms with Crippen LogP contribution in [0.25, 0.3) is 10.9 Å². The summed E-state index contributed by atoms with van der Waals surface area (Å²) in [6.07, 6.45) is 5.69. The van der Waals surface area contributed by atoms with Crippen molar-refractivity contribution in [3.63, 3.8) is 0 Å². The van der Waals surface area contributed by atoms with Crippen molar-refractivity contribution in [2.45, 2.75) is 20.0 Å². The van der Waals surface area contributed by atoms with Gasteiger partial charge in [-0.1, -0.05) is 18.2 Å². The quantitative estimate of drug-likeness (QED) is 0.636. The molecule has 9 nitrogen and oxygen atoms in total. The third kappa shape index (κ3) is 4.24. The molecule has 1 amide bonds. The van der Waals surface area contributed by atoms with Crippen LogP contribution in [0.15, 0.2) is 48.8 Å². The minimum absolute atomic E-state index is 0.117. The second kappa shape index (κ2) is 8.64. The molecule has 9 heteroatoms. The number of fused-ring (bicyclic) bond motifs is 3. The molecule has 0 radical (unpaired) electrons. The van der Waals surface area contributed by atoms with Crippen molar-refractivity contribution in [2.24, 2.45) is 7.05 Å². The number of imidazole rings is 1. The number of hydrogen-bond donors (Lipinski definition) is 2. The molecule has 0 bridgehead atoms. The smallest absolute Gasteiger partial charge is 0.328 e. The normalized spacial score (nSPS) is 13.3. The number of carboxylic acids is 2. The molecule has 0 aliphatic carbocycles. The van der Waals surface area contributed by atoms with Crippen LogP contribution in [0.4, 0.5) is 0 Å². The number of hydrogen-bond acceptors (Lipinski definition) is 4. The summed E-state index contributed by atoms with van der Waals surface area (Å²) in [5.74, 6) is -1.47. The number of para-hydroxylation sites is 1. The molecule has 156 valence electrons. The molecule has 3 heterocycles. The molecule has 0 saturated heterocycles. The first-order valence-corrected chi connectivity index (χ1v) is 9.26. The molecule has 1 aliphatic rings. The zero-order valence-corrected chi connectivity index (χ0v) is 16.6. The molecule has 0 fully saturated rings. The molecule has 30 heavy (non-hydrogen) atoms. The number of nitrogens with zero attached hydrogens (tertiary/aromatic N) is 4. The Morgan fingerprint density at radius 1 is 1.17 bits per heavy atom. The van der Waals surface area contributed by atoms with Gasteiger partial charge in [0.2, 0.25) is 0 Å². The van der Waals surface area contributed by atoms with Crippen LogP contribution in [0.1, 0.15) is 21.9 Å². The van der Waals surface area contributed by atoms with Gasteiger partial charge < -0.3 is 24.2 Å². The maximum atomic E-state index is 13.0. The predicted octanol–water partition coefficient (Wildman–Crippen LogP) is 2.05. The predicted molar refractivity (Wildman–Crippen MR) is 109 cm³/mol. The van der Waals surface area contributed by atoms with Crippen LogP contribution >= 0.6 is 0 Å². The van der Waals surface area contributed by atoms with Crippen LogP contribution in [-0.2, 0) is 29.7 Å². The zero-order chi connectivity index (χ0) is 21.8. The maximum absolute atomic E-state index is 13.0. The second-order valence-electron chi connectivity index (χ2n) is 6.81. The van der Waals surface area contributed by atoms with Gasteiger partial charge in [-0.15, -0.1) is 0 Å². The Bertz CT molecular complexity index is 1130. The van der Waals surface area contributed by atoms with E-state index in [1.54, 1.807) is 6.20 Å². The van der Waals surface area contributed by atoms with Gasteiger partial charge in [-0.25, -0.2) is 14.6 Å². The lowest BCUT2D eigenvalue weighted by molar-refractivity contribution is -0.134. The number of benzene rings is 1.